The molecule has 3 rings (SSSR count). The van der Waals surface area contributed by atoms with Gasteiger partial charge in [-0.3, -0.25) is 4.90 Å². The van der Waals surface area contributed by atoms with Gasteiger partial charge < -0.3 is 20.2 Å². The van der Waals surface area contributed by atoms with Crippen molar-refractivity contribution in [3.05, 3.63) is 23.7 Å². The number of hydrogen-bond acceptors (Lipinski definition) is 4. The van der Waals surface area contributed by atoms with Crippen LogP contribution >= 0.6 is 0 Å². The molecule has 0 aromatic carbocycles. The molecular weight excluding hydrogens is 294 g/mol. The Hall–Kier alpha value is -1.53. The van der Waals surface area contributed by atoms with Crippen molar-refractivity contribution in [1.82, 2.24) is 15.5 Å². The number of aliphatic hydroxyl groups is 1. The normalized spacial score (nSPS) is 21.7. The lowest BCUT2D eigenvalue weighted by molar-refractivity contribution is -0.0290. The number of carbonyl (C=O) groups excluding carboxylic acids is 1. The van der Waals surface area contributed by atoms with E-state index in [1.807, 2.05) is 19.1 Å². The average molecular weight is 321 g/mol. The van der Waals surface area contributed by atoms with Crippen molar-refractivity contribution in [1.29, 1.82) is 0 Å². The number of nitrogens with one attached hydrogen (secondary N) is 2. The Morgan fingerprint density at radius 1 is 1.30 bits per heavy atom. The Morgan fingerprint density at radius 3 is 2.61 bits per heavy atom. The molecule has 1 saturated heterocycles. The molecule has 0 bridgehead atoms. The largest absolute Gasteiger partial charge is 0.465 e. The van der Waals surface area contributed by atoms with Crippen molar-refractivity contribution in [2.75, 3.05) is 26.2 Å². The van der Waals surface area contributed by atoms with Crippen molar-refractivity contribution >= 4 is 6.03 Å². The van der Waals surface area contributed by atoms with Crippen molar-refractivity contribution < 1.29 is 14.3 Å². The molecule has 1 unspecified atom stereocenters. The minimum atomic E-state index is -0.691. The molecule has 2 amide bonds. The number of likely N-dealkylation sites (tertiary alicyclic amines) is 1. The molecule has 3 N–H and O–H groups in total. The van der Waals surface area contributed by atoms with Crippen molar-refractivity contribution in [3.8, 4) is 0 Å². The van der Waals surface area contributed by atoms with Crippen LogP contribution in [0.15, 0.2) is 16.5 Å². The van der Waals surface area contributed by atoms with Crippen LogP contribution in [0.2, 0.25) is 0 Å². The lowest BCUT2D eigenvalue weighted by atomic mass is 9.80. The molecule has 6 heteroatoms. The maximum absolute atomic E-state index is 12.0. The van der Waals surface area contributed by atoms with Crippen LogP contribution in [0.1, 0.15) is 49.7 Å². The zero-order chi connectivity index (χ0) is 16.3. The molecular formula is C17H27N3O3. The Labute approximate surface area is 137 Å². The van der Waals surface area contributed by atoms with Crippen LogP contribution in [0.25, 0.3) is 0 Å². The highest BCUT2D eigenvalue weighted by atomic mass is 16.3. The molecule has 0 radical (unpaired) electrons. The van der Waals surface area contributed by atoms with E-state index in [1.54, 1.807) is 0 Å². The first-order valence-corrected chi connectivity index (χ1v) is 8.60. The first-order chi connectivity index (χ1) is 11.1. The quantitative estimate of drug-likeness (QED) is 0.748. The van der Waals surface area contributed by atoms with E-state index in [1.165, 1.54) is 12.8 Å². The van der Waals surface area contributed by atoms with E-state index >= 15 is 0 Å². The fourth-order valence-electron chi connectivity index (χ4n) is 3.35. The van der Waals surface area contributed by atoms with Gasteiger partial charge in [0, 0.05) is 13.1 Å². The van der Waals surface area contributed by atoms with Gasteiger partial charge in [0.25, 0.3) is 0 Å². The van der Waals surface area contributed by atoms with Crippen LogP contribution in [0.4, 0.5) is 4.79 Å². The first-order valence-electron chi connectivity index (χ1n) is 8.60. The van der Waals surface area contributed by atoms with Gasteiger partial charge in [0.2, 0.25) is 0 Å². The smallest absolute Gasteiger partial charge is 0.314 e. The van der Waals surface area contributed by atoms with Gasteiger partial charge in [0.15, 0.2) is 0 Å². The zero-order valence-electron chi connectivity index (χ0n) is 13.8. The van der Waals surface area contributed by atoms with Crippen LogP contribution in [-0.2, 0) is 0 Å². The van der Waals surface area contributed by atoms with Crippen molar-refractivity contribution in [2.24, 2.45) is 0 Å². The second-order valence-corrected chi connectivity index (χ2v) is 6.85. The van der Waals surface area contributed by atoms with E-state index in [0.29, 0.717) is 13.1 Å². The summed E-state index contributed by atoms with van der Waals surface area (Å²) >= 11 is 0. The summed E-state index contributed by atoms with van der Waals surface area (Å²) in [5, 5.41) is 15.7. The number of rotatable bonds is 6. The molecule has 1 aromatic heterocycles. The van der Waals surface area contributed by atoms with Crippen LogP contribution in [-0.4, -0.2) is 47.8 Å². The maximum Gasteiger partial charge on any atom is 0.314 e. The van der Waals surface area contributed by atoms with Gasteiger partial charge in [-0.1, -0.05) is 0 Å². The topological polar surface area (TPSA) is 77.7 Å². The SMILES string of the molecule is Cc1ccc(C(CNC(=O)NCC2(O)CCC2)N2CCCC2)o1. The van der Waals surface area contributed by atoms with Gasteiger partial charge in [-0.25, -0.2) is 4.79 Å². The molecule has 1 aliphatic heterocycles. The summed E-state index contributed by atoms with van der Waals surface area (Å²) in [5.74, 6) is 1.79. The van der Waals surface area contributed by atoms with E-state index < -0.39 is 5.60 Å². The van der Waals surface area contributed by atoms with Crippen LogP contribution < -0.4 is 10.6 Å². The number of amides is 2. The van der Waals surface area contributed by atoms with E-state index in [9.17, 15) is 9.90 Å². The number of furan rings is 1. The fourth-order valence-corrected chi connectivity index (χ4v) is 3.35. The lowest BCUT2D eigenvalue weighted by Gasteiger charge is -2.36. The molecule has 128 valence electrons. The number of carbonyl (C=O) groups is 1. The number of urea groups is 1. The summed E-state index contributed by atoms with van der Waals surface area (Å²) < 4.78 is 5.78. The van der Waals surface area contributed by atoms with Crippen LogP contribution in [0.3, 0.4) is 0 Å². The minimum Gasteiger partial charge on any atom is -0.465 e. The standard InChI is InChI=1S/C17H27N3O3/c1-13-5-6-15(23-13)14(20-9-2-3-10-20)11-18-16(21)19-12-17(22)7-4-8-17/h5-6,14,22H,2-4,7-12H2,1H3,(H2,18,19,21). The molecule has 1 aliphatic carbocycles. The van der Waals surface area contributed by atoms with Crippen LogP contribution in [0, 0.1) is 6.92 Å². The highest BCUT2D eigenvalue weighted by molar-refractivity contribution is 5.74. The predicted molar refractivity (Wildman–Crippen MR) is 87.2 cm³/mol. The molecule has 2 aliphatic rings. The highest BCUT2D eigenvalue weighted by Crippen LogP contribution is 2.30. The van der Waals surface area contributed by atoms with E-state index in [-0.39, 0.29) is 12.1 Å². The van der Waals surface area contributed by atoms with Gasteiger partial charge in [0.1, 0.15) is 11.5 Å². The summed E-state index contributed by atoms with van der Waals surface area (Å²) in [5.41, 5.74) is -0.691. The lowest BCUT2D eigenvalue weighted by Crippen LogP contribution is -2.51. The average Bonchev–Trinajstić information content (AvgIpc) is 3.16. The molecule has 1 saturated carbocycles. The summed E-state index contributed by atoms with van der Waals surface area (Å²) in [7, 11) is 0. The third kappa shape index (κ3) is 4.06. The summed E-state index contributed by atoms with van der Waals surface area (Å²) in [6.07, 6.45) is 4.96. The molecule has 2 heterocycles. The Balaban J connectivity index is 1.52. The van der Waals surface area contributed by atoms with E-state index in [4.69, 9.17) is 4.42 Å². The fraction of sp³-hybridized carbons (Fsp3) is 0.706. The van der Waals surface area contributed by atoms with E-state index in [2.05, 4.69) is 15.5 Å². The predicted octanol–water partition coefficient (Wildman–Crippen LogP) is 1.94. The second kappa shape index (κ2) is 6.93. The highest BCUT2D eigenvalue weighted by Gasteiger charge is 2.34. The molecule has 23 heavy (non-hydrogen) atoms. The first kappa shape index (κ1) is 16.3. The van der Waals surface area contributed by atoms with Crippen molar-refractivity contribution in [3.63, 3.8) is 0 Å². The molecule has 1 aromatic rings. The number of hydrogen-bond donors (Lipinski definition) is 3. The third-order valence-electron chi connectivity index (χ3n) is 4.99. The van der Waals surface area contributed by atoms with Gasteiger partial charge in [-0.2, -0.15) is 0 Å². The van der Waals surface area contributed by atoms with Gasteiger partial charge in [-0.15, -0.1) is 0 Å². The molecule has 6 nitrogen and oxygen atoms in total. The van der Waals surface area contributed by atoms with Crippen LogP contribution in [0.5, 0.6) is 0 Å². The minimum absolute atomic E-state index is 0.0729. The Morgan fingerprint density at radius 2 is 2.04 bits per heavy atom. The molecule has 1 atom stereocenters. The number of nitrogens with zero attached hydrogens (tertiary/aromatic N) is 1. The Kier molecular flexibility index (Phi) is 4.92. The van der Waals surface area contributed by atoms with Crippen molar-refractivity contribution in [2.45, 2.75) is 50.7 Å². The zero-order valence-corrected chi connectivity index (χ0v) is 13.8. The van der Waals surface area contributed by atoms with Gasteiger partial charge in [0.05, 0.1) is 11.6 Å². The third-order valence-corrected chi connectivity index (χ3v) is 4.99. The van der Waals surface area contributed by atoms with Gasteiger partial charge >= 0.3 is 6.03 Å². The molecule has 0 spiro atoms. The Bertz CT molecular complexity index is 533. The number of aryl methyl sites for hydroxylation is 1. The summed E-state index contributed by atoms with van der Waals surface area (Å²) in [6, 6.07) is 3.81. The summed E-state index contributed by atoms with van der Waals surface area (Å²) in [4.78, 5) is 14.4. The maximum atomic E-state index is 12.0. The monoisotopic (exact) mass is 321 g/mol. The summed E-state index contributed by atoms with van der Waals surface area (Å²) in [6.45, 7) is 4.84. The van der Waals surface area contributed by atoms with Gasteiger partial charge in [-0.05, 0) is 64.3 Å². The second-order valence-electron chi connectivity index (χ2n) is 6.85. The molecule has 2 fully saturated rings. The van der Waals surface area contributed by atoms with E-state index in [0.717, 1.165) is 43.9 Å².